The van der Waals surface area contributed by atoms with E-state index >= 15 is 0 Å². The van der Waals surface area contributed by atoms with Gasteiger partial charge in [-0.3, -0.25) is 4.79 Å². The number of rotatable bonds is 3. The van der Waals surface area contributed by atoms with E-state index in [4.69, 9.17) is 4.42 Å². The third-order valence-electron chi connectivity index (χ3n) is 3.53. The van der Waals surface area contributed by atoms with Crippen LogP contribution in [0.4, 0.5) is 0 Å². The Kier molecular flexibility index (Phi) is 4.13. The molecule has 1 aromatic carbocycles. The predicted octanol–water partition coefficient (Wildman–Crippen LogP) is 4.32. The minimum Gasteiger partial charge on any atom is -0.464 e. The third-order valence-corrected chi connectivity index (χ3v) is 3.53. The summed E-state index contributed by atoms with van der Waals surface area (Å²) in [7, 11) is 0. The Morgan fingerprint density at radius 2 is 1.95 bits per heavy atom. The Labute approximate surface area is 126 Å². The van der Waals surface area contributed by atoms with Crippen molar-refractivity contribution >= 4 is 16.9 Å². The van der Waals surface area contributed by atoms with Crippen molar-refractivity contribution in [2.45, 2.75) is 59.4 Å². The van der Waals surface area contributed by atoms with Crippen molar-refractivity contribution in [1.82, 2.24) is 5.32 Å². The molecular formula is C18H25NO2. The molecule has 1 amide bonds. The summed E-state index contributed by atoms with van der Waals surface area (Å²) in [5.41, 5.74) is 4.14. The highest BCUT2D eigenvalue weighted by molar-refractivity contribution is 5.88. The summed E-state index contributed by atoms with van der Waals surface area (Å²) in [5, 5.41) is 4.04. The molecule has 3 nitrogen and oxygen atoms in total. The Balaban J connectivity index is 2.33. The summed E-state index contributed by atoms with van der Waals surface area (Å²) in [4.78, 5) is 12.1. The van der Waals surface area contributed by atoms with Crippen LogP contribution in [0.15, 0.2) is 22.8 Å². The Hall–Kier alpha value is -1.77. The number of nitrogens with one attached hydrogen (secondary N) is 1. The molecule has 114 valence electrons. The molecule has 1 N–H and O–H groups in total. The summed E-state index contributed by atoms with van der Waals surface area (Å²) in [5.74, 6) is 0.484. The van der Waals surface area contributed by atoms with Crippen molar-refractivity contribution in [2.24, 2.45) is 0 Å². The summed E-state index contributed by atoms with van der Waals surface area (Å²) in [6.07, 6.45) is 2.06. The van der Waals surface area contributed by atoms with Crippen LogP contribution in [-0.4, -0.2) is 11.4 Å². The second-order valence-corrected chi connectivity index (χ2v) is 7.10. The molecular weight excluding hydrogens is 262 g/mol. The van der Waals surface area contributed by atoms with Gasteiger partial charge in [-0.05, 0) is 56.9 Å². The molecule has 0 aliphatic heterocycles. The van der Waals surface area contributed by atoms with Crippen molar-refractivity contribution in [3.63, 3.8) is 0 Å². The zero-order chi connectivity index (χ0) is 15.8. The topological polar surface area (TPSA) is 42.2 Å². The molecule has 1 aromatic heterocycles. The van der Waals surface area contributed by atoms with Gasteiger partial charge in [0.05, 0.1) is 12.7 Å². The first-order chi connectivity index (χ1) is 9.67. The first-order valence-corrected chi connectivity index (χ1v) is 7.49. The smallest absolute Gasteiger partial charge is 0.224 e. The molecule has 21 heavy (non-hydrogen) atoms. The van der Waals surface area contributed by atoms with Crippen molar-refractivity contribution in [3.8, 4) is 0 Å². The third kappa shape index (κ3) is 3.66. The number of carbonyl (C=O) groups is 1. The van der Waals surface area contributed by atoms with Crippen LogP contribution in [0, 0.1) is 6.92 Å². The van der Waals surface area contributed by atoms with Gasteiger partial charge in [0.25, 0.3) is 0 Å². The van der Waals surface area contributed by atoms with Gasteiger partial charge in [-0.1, -0.05) is 13.8 Å². The highest BCUT2D eigenvalue weighted by atomic mass is 16.3. The lowest BCUT2D eigenvalue weighted by Crippen LogP contribution is -2.41. The number of carbonyl (C=O) groups excluding carboxylic acids is 1. The standard InChI is InChI=1S/C18H25NO2/c1-11(2)14-9-15-13(8-17(20)19-18(4,5)6)10-21-16(15)7-12(14)3/h7,9-11H,8H2,1-6H3,(H,19,20). The van der Waals surface area contributed by atoms with Gasteiger partial charge in [0.15, 0.2) is 0 Å². The average molecular weight is 287 g/mol. The van der Waals surface area contributed by atoms with Gasteiger partial charge >= 0.3 is 0 Å². The molecule has 0 saturated carbocycles. The minimum atomic E-state index is -0.212. The molecule has 3 heteroatoms. The number of furan rings is 1. The molecule has 0 aliphatic rings. The Morgan fingerprint density at radius 3 is 2.52 bits per heavy atom. The summed E-state index contributed by atoms with van der Waals surface area (Å²) < 4.78 is 5.62. The highest BCUT2D eigenvalue weighted by Gasteiger charge is 2.17. The predicted molar refractivity (Wildman–Crippen MR) is 86.6 cm³/mol. The van der Waals surface area contributed by atoms with Crippen LogP contribution in [0.5, 0.6) is 0 Å². The zero-order valence-corrected chi connectivity index (χ0v) is 13.8. The van der Waals surface area contributed by atoms with Crippen molar-refractivity contribution in [2.75, 3.05) is 0 Å². The van der Waals surface area contributed by atoms with E-state index in [-0.39, 0.29) is 11.4 Å². The molecule has 0 bridgehead atoms. The van der Waals surface area contributed by atoms with Crippen LogP contribution in [0.2, 0.25) is 0 Å². The maximum atomic E-state index is 12.1. The second-order valence-electron chi connectivity index (χ2n) is 7.10. The number of aryl methyl sites for hydroxylation is 1. The van der Waals surface area contributed by atoms with Crippen LogP contribution >= 0.6 is 0 Å². The fourth-order valence-electron chi connectivity index (χ4n) is 2.64. The fourth-order valence-corrected chi connectivity index (χ4v) is 2.64. The lowest BCUT2D eigenvalue weighted by atomic mass is 9.95. The molecule has 0 unspecified atom stereocenters. The van der Waals surface area contributed by atoms with Crippen LogP contribution < -0.4 is 5.32 Å². The largest absolute Gasteiger partial charge is 0.464 e. The molecule has 0 fully saturated rings. The van der Waals surface area contributed by atoms with Crippen molar-refractivity contribution in [1.29, 1.82) is 0 Å². The van der Waals surface area contributed by atoms with Gasteiger partial charge < -0.3 is 9.73 Å². The summed E-state index contributed by atoms with van der Waals surface area (Å²) >= 11 is 0. The lowest BCUT2D eigenvalue weighted by Gasteiger charge is -2.20. The van der Waals surface area contributed by atoms with E-state index in [1.54, 1.807) is 6.26 Å². The molecule has 2 rings (SSSR count). The van der Waals surface area contributed by atoms with E-state index in [0.29, 0.717) is 12.3 Å². The number of hydrogen-bond acceptors (Lipinski definition) is 2. The van der Waals surface area contributed by atoms with Crippen molar-refractivity contribution < 1.29 is 9.21 Å². The van der Waals surface area contributed by atoms with E-state index in [1.165, 1.54) is 11.1 Å². The number of hydrogen-bond donors (Lipinski definition) is 1. The first-order valence-electron chi connectivity index (χ1n) is 7.49. The number of amides is 1. The van der Waals surface area contributed by atoms with E-state index in [1.807, 2.05) is 20.8 Å². The van der Waals surface area contributed by atoms with Gasteiger partial charge in [0.1, 0.15) is 5.58 Å². The van der Waals surface area contributed by atoms with Gasteiger partial charge in [0, 0.05) is 16.5 Å². The van der Waals surface area contributed by atoms with E-state index in [2.05, 4.69) is 38.2 Å². The Morgan fingerprint density at radius 1 is 1.29 bits per heavy atom. The van der Waals surface area contributed by atoms with Gasteiger partial charge in [-0.2, -0.15) is 0 Å². The van der Waals surface area contributed by atoms with Gasteiger partial charge in [0.2, 0.25) is 5.91 Å². The van der Waals surface area contributed by atoms with Gasteiger partial charge in [-0.25, -0.2) is 0 Å². The summed E-state index contributed by atoms with van der Waals surface area (Å²) in [6, 6.07) is 4.23. The molecule has 0 spiro atoms. The van der Waals surface area contributed by atoms with E-state index in [0.717, 1.165) is 16.5 Å². The Bertz CT molecular complexity index is 660. The highest BCUT2D eigenvalue weighted by Crippen LogP contribution is 2.29. The molecule has 1 heterocycles. The molecule has 0 saturated heterocycles. The SMILES string of the molecule is Cc1cc2occ(CC(=O)NC(C)(C)C)c2cc1C(C)C. The molecule has 0 atom stereocenters. The van der Waals surface area contributed by atoms with Crippen LogP contribution in [0.25, 0.3) is 11.0 Å². The van der Waals surface area contributed by atoms with Crippen LogP contribution in [-0.2, 0) is 11.2 Å². The van der Waals surface area contributed by atoms with Crippen LogP contribution in [0.3, 0.4) is 0 Å². The summed E-state index contributed by atoms with van der Waals surface area (Å²) in [6.45, 7) is 12.4. The maximum absolute atomic E-state index is 12.1. The normalized spacial score (nSPS) is 12.1. The first kappa shape index (κ1) is 15.6. The fraction of sp³-hybridized carbons (Fsp3) is 0.500. The van der Waals surface area contributed by atoms with Crippen LogP contribution in [0.1, 0.15) is 57.2 Å². The monoisotopic (exact) mass is 287 g/mol. The maximum Gasteiger partial charge on any atom is 0.224 e. The van der Waals surface area contributed by atoms with Crippen molar-refractivity contribution in [3.05, 3.63) is 35.1 Å². The van der Waals surface area contributed by atoms with E-state index in [9.17, 15) is 4.79 Å². The second kappa shape index (κ2) is 5.55. The average Bonchev–Trinajstić information content (AvgIpc) is 2.67. The minimum absolute atomic E-state index is 0.0249. The number of fused-ring (bicyclic) bond motifs is 1. The molecule has 0 aliphatic carbocycles. The zero-order valence-electron chi connectivity index (χ0n) is 13.8. The lowest BCUT2D eigenvalue weighted by molar-refractivity contribution is -0.121. The van der Waals surface area contributed by atoms with E-state index < -0.39 is 0 Å². The number of benzene rings is 1. The molecule has 2 aromatic rings. The quantitative estimate of drug-likeness (QED) is 0.913. The van der Waals surface area contributed by atoms with Gasteiger partial charge in [-0.15, -0.1) is 0 Å². The molecule has 0 radical (unpaired) electrons.